The highest BCUT2D eigenvalue weighted by molar-refractivity contribution is 7.09. The van der Waals surface area contributed by atoms with E-state index in [1.807, 2.05) is 10.7 Å². The van der Waals surface area contributed by atoms with Crippen molar-refractivity contribution in [3.8, 4) is 11.3 Å². The summed E-state index contributed by atoms with van der Waals surface area (Å²) >= 11 is 1.76. The number of nitrogen functional groups attached to an aromatic ring is 1. The molecular weight excluding hydrogens is 380 g/mol. The van der Waals surface area contributed by atoms with Gasteiger partial charge in [0, 0.05) is 17.0 Å². The second-order valence-electron chi connectivity index (χ2n) is 8.19. The number of nitrogens with one attached hydrogen (secondary N) is 1. The highest BCUT2D eigenvalue weighted by atomic mass is 32.1. The van der Waals surface area contributed by atoms with Crippen molar-refractivity contribution in [2.45, 2.75) is 39.7 Å². The molecule has 0 radical (unpaired) electrons. The van der Waals surface area contributed by atoms with E-state index >= 15 is 0 Å². The molecule has 4 rings (SSSR count). The Morgan fingerprint density at radius 1 is 1.14 bits per heavy atom. The third-order valence-electron chi connectivity index (χ3n) is 4.73. The number of hydrogen-bond donors (Lipinski definition) is 2. The number of anilines is 2. The van der Waals surface area contributed by atoms with Gasteiger partial charge >= 0.3 is 0 Å². The molecular formula is C22H26N6S. The fourth-order valence-electron chi connectivity index (χ4n) is 3.36. The lowest BCUT2D eigenvalue weighted by Gasteiger charge is -2.20. The minimum Gasteiger partial charge on any atom is -0.383 e. The average Bonchev–Trinajstić information content (AvgIpc) is 3.29. The molecule has 0 fully saturated rings. The quantitative estimate of drug-likeness (QED) is 0.495. The van der Waals surface area contributed by atoms with Crippen molar-refractivity contribution in [1.82, 2.24) is 19.7 Å². The zero-order chi connectivity index (χ0) is 20.6. The Bertz CT molecular complexity index is 1140. The molecule has 0 aliphatic heterocycles. The molecule has 0 saturated carbocycles. The van der Waals surface area contributed by atoms with Crippen LogP contribution in [0.15, 0.2) is 41.8 Å². The fourth-order valence-corrected chi connectivity index (χ4v) is 4.06. The number of aromatic nitrogens is 4. The van der Waals surface area contributed by atoms with Gasteiger partial charge in [-0.15, -0.1) is 16.4 Å². The van der Waals surface area contributed by atoms with Gasteiger partial charge < -0.3 is 11.1 Å². The largest absolute Gasteiger partial charge is 0.383 e. The molecule has 3 N–H and O–H groups in total. The molecule has 29 heavy (non-hydrogen) atoms. The molecule has 1 aromatic carbocycles. The molecule has 6 nitrogen and oxygen atoms in total. The van der Waals surface area contributed by atoms with Gasteiger partial charge in [-0.1, -0.05) is 29.8 Å². The Hall–Kier alpha value is -2.93. The van der Waals surface area contributed by atoms with Gasteiger partial charge in [-0.3, -0.25) is 0 Å². The summed E-state index contributed by atoms with van der Waals surface area (Å²) in [7, 11) is 0. The third-order valence-corrected chi connectivity index (χ3v) is 5.67. The summed E-state index contributed by atoms with van der Waals surface area (Å²) in [5.74, 6) is 1.17. The molecule has 0 aliphatic carbocycles. The zero-order valence-electron chi connectivity index (χ0n) is 17.2. The molecule has 150 valence electrons. The van der Waals surface area contributed by atoms with Crippen LogP contribution < -0.4 is 11.1 Å². The van der Waals surface area contributed by atoms with Crippen molar-refractivity contribution in [3.05, 3.63) is 52.2 Å². The minimum atomic E-state index is -0.249. The fraction of sp³-hybridized carbons (Fsp3) is 0.318. The summed E-state index contributed by atoms with van der Waals surface area (Å²) in [6, 6.07) is 12.5. The van der Waals surface area contributed by atoms with Gasteiger partial charge in [0.25, 0.3) is 0 Å². The summed E-state index contributed by atoms with van der Waals surface area (Å²) < 4.78 is 1.83. The van der Waals surface area contributed by atoms with Crippen molar-refractivity contribution < 1.29 is 0 Å². The molecule has 0 aliphatic rings. The van der Waals surface area contributed by atoms with E-state index in [0.717, 1.165) is 29.6 Å². The van der Waals surface area contributed by atoms with Gasteiger partial charge in [0.2, 0.25) is 5.95 Å². The van der Waals surface area contributed by atoms with Crippen LogP contribution >= 0.6 is 11.3 Å². The first kappa shape index (κ1) is 19.4. The first-order chi connectivity index (χ1) is 13.8. The number of rotatable bonds is 5. The van der Waals surface area contributed by atoms with Gasteiger partial charge in [0.1, 0.15) is 5.82 Å². The van der Waals surface area contributed by atoms with Crippen LogP contribution in [0, 0.1) is 6.92 Å². The summed E-state index contributed by atoms with van der Waals surface area (Å²) in [5.41, 5.74) is 9.88. The van der Waals surface area contributed by atoms with Gasteiger partial charge in [-0.25, -0.2) is 9.67 Å². The number of nitrogens with two attached hydrogens (primary N) is 1. The van der Waals surface area contributed by atoms with Crippen molar-refractivity contribution in [2.24, 2.45) is 0 Å². The smallest absolute Gasteiger partial charge is 0.225 e. The van der Waals surface area contributed by atoms with Crippen LogP contribution in [0.4, 0.5) is 11.8 Å². The number of aryl methyl sites for hydroxylation is 1. The molecule has 0 spiro atoms. The molecule has 0 unspecified atom stereocenters. The van der Waals surface area contributed by atoms with E-state index in [9.17, 15) is 0 Å². The number of nitrogens with zero attached hydrogens (tertiary/aromatic N) is 4. The van der Waals surface area contributed by atoms with Crippen LogP contribution in [0.1, 0.15) is 31.2 Å². The topological polar surface area (TPSA) is 81.7 Å². The number of hydrogen-bond acceptors (Lipinski definition) is 6. The lowest BCUT2D eigenvalue weighted by atomic mass is 10.1. The number of fused-ring (bicyclic) bond motifs is 1. The Labute approximate surface area is 174 Å². The van der Waals surface area contributed by atoms with Crippen LogP contribution in [0.5, 0.6) is 0 Å². The first-order valence-corrected chi connectivity index (χ1v) is 10.6. The predicted octanol–water partition coefficient (Wildman–Crippen LogP) is 4.86. The third kappa shape index (κ3) is 3.96. The highest BCUT2D eigenvalue weighted by Crippen LogP contribution is 2.34. The number of thiophene rings is 1. The van der Waals surface area contributed by atoms with Gasteiger partial charge in [-0.2, -0.15) is 4.98 Å². The van der Waals surface area contributed by atoms with E-state index in [4.69, 9.17) is 15.8 Å². The number of benzene rings is 1. The summed E-state index contributed by atoms with van der Waals surface area (Å²) in [6.07, 6.45) is 0.928. The van der Waals surface area contributed by atoms with Gasteiger partial charge in [0.05, 0.1) is 16.6 Å². The summed E-state index contributed by atoms with van der Waals surface area (Å²) in [6.45, 7) is 9.07. The SMILES string of the molecule is Cc1cccc(-c2nc(NCCc3cccs3)nc3nn(C(C)(C)C)c(N)c23)c1. The normalized spacial score (nSPS) is 11.9. The van der Waals surface area contributed by atoms with Crippen molar-refractivity contribution in [1.29, 1.82) is 0 Å². The predicted molar refractivity (Wildman–Crippen MR) is 121 cm³/mol. The van der Waals surface area contributed by atoms with E-state index in [-0.39, 0.29) is 5.54 Å². The molecule has 0 saturated heterocycles. The van der Waals surface area contributed by atoms with Crippen LogP contribution in [0.2, 0.25) is 0 Å². The lowest BCUT2D eigenvalue weighted by Crippen LogP contribution is -2.24. The van der Waals surface area contributed by atoms with Crippen LogP contribution in [0.3, 0.4) is 0 Å². The van der Waals surface area contributed by atoms with Gasteiger partial charge in [0.15, 0.2) is 5.65 Å². The molecule has 0 bridgehead atoms. The van der Waals surface area contributed by atoms with E-state index in [1.165, 1.54) is 10.4 Å². The zero-order valence-corrected chi connectivity index (χ0v) is 18.0. The summed E-state index contributed by atoms with van der Waals surface area (Å²) in [5, 5.41) is 11.0. The van der Waals surface area contributed by atoms with Crippen LogP contribution in [-0.4, -0.2) is 26.3 Å². The van der Waals surface area contributed by atoms with Crippen molar-refractivity contribution in [2.75, 3.05) is 17.6 Å². The Balaban J connectivity index is 1.79. The minimum absolute atomic E-state index is 0.249. The molecule has 4 aromatic rings. The summed E-state index contributed by atoms with van der Waals surface area (Å²) in [4.78, 5) is 10.8. The molecule has 7 heteroatoms. The standard InChI is InChI=1S/C22H26N6S/c1-14-7-5-8-15(13-14)18-17-19(23)28(22(2,3)4)27-20(17)26-21(25-18)24-11-10-16-9-6-12-29-16/h5-9,12-13H,10-11,23H2,1-4H3,(H,24,26,27). The second kappa shape index (κ2) is 7.48. The maximum atomic E-state index is 6.52. The Morgan fingerprint density at radius 2 is 1.97 bits per heavy atom. The van der Waals surface area contributed by atoms with E-state index in [0.29, 0.717) is 17.4 Å². The maximum absolute atomic E-state index is 6.52. The van der Waals surface area contributed by atoms with Crippen LogP contribution in [-0.2, 0) is 12.0 Å². The Kier molecular flexibility index (Phi) is 5.00. The maximum Gasteiger partial charge on any atom is 0.225 e. The molecule has 3 aromatic heterocycles. The van der Waals surface area contributed by atoms with Crippen molar-refractivity contribution >= 4 is 34.1 Å². The van der Waals surface area contributed by atoms with E-state index in [1.54, 1.807) is 11.3 Å². The second-order valence-corrected chi connectivity index (χ2v) is 9.22. The molecule has 3 heterocycles. The van der Waals surface area contributed by atoms with Gasteiger partial charge in [-0.05, 0) is 51.6 Å². The van der Waals surface area contributed by atoms with Crippen molar-refractivity contribution in [3.63, 3.8) is 0 Å². The highest BCUT2D eigenvalue weighted by Gasteiger charge is 2.24. The molecule has 0 amide bonds. The lowest BCUT2D eigenvalue weighted by molar-refractivity contribution is 0.364. The average molecular weight is 407 g/mol. The van der Waals surface area contributed by atoms with E-state index < -0.39 is 0 Å². The monoisotopic (exact) mass is 406 g/mol. The van der Waals surface area contributed by atoms with E-state index in [2.05, 4.69) is 73.7 Å². The van der Waals surface area contributed by atoms with Crippen LogP contribution in [0.25, 0.3) is 22.3 Å². The Morgan fingerprint density at radius 3 is 2.66 bits per heavy atom. The molecule has 0 atom stereocenters. The first-order valence-electron chi connectivity index (χ1n) is 9.73.